The number of ether oxygens (including phenoxy) is 3. The van der Waals surface area contributed by atoms with Gasteiger partial charge in [-0.2, -0.15) is 5.10 Å². The van der Waals surface area contributed by atoms with Crippen LogP contribution in [0, 0.1) is 0 Å². The number of aromatic nitrogens is 1. The van der Waals surface area contributed by atoms with Crippen LogP contribution in [0.3, 0.4) is 0 Å². The molecule has 0 bridgehead atoms. The summed E-state index contributed by atoms with van der Waals surface area (Å²) < 4.78 is 15.9. The van der Waals surface area contributed by atoms with Crippen LogP contribution in [0.5, 0.6) is 11.5 Å². The molecule has 10 heteroatoms. The van der Waals surface area contributed by atoms with Gasteiger partial charge in [0.2, 0.25) is 5.13 Å². The van der Waals surface area contributed by atoms with Crippen LogP contribution in [0.15, 0.2) is 27.1 Å². The average molecular weight is 456 g/mol. The quantitative estimate of drug-likeness (QED) is 0.281. The third kappa shape index (κ3) is 6.33. The molecule has 1 aromatic carbocycles. The van der Waals surface area contributed by atoms with Crippen molar-refractivity contribution in [3.63, 3.8) is 0 Å². The fraction of sp³-hybridized carbons (Fsp3) is 0.294. The maximum absolute atomic E-state index is 11.5. The molecular formula is C17H18BrN3O5S. The zero-order chi connectivity index (χ0) is 19.8. The van der Waals surface area contributed by atoms with Crippen molar-refractivity contribution in [2.45, 2.75) is 20.3 Å². The van der Waals surface area contributed by atoms with Crippen LogP contribution in [0.2, 0.25) is 0 Å². The van der Waals surface area contributed by atoms with E-state index in [0.717, 1.165) is 0 Å². The van der Waals surface area contributed by atoms with Gasteiger partial charge in [-0.05, 0) is 35.0 Å². The molecule has 2 rings (SSSR count). The Morgan fingerprint density at radius 1 is 1.37 bits per heavy atom. The molecule has 0 atom stereocenters. The summed E-state index contributed by atoms with van der Waals surface area (Å²) >= 11 is 4.73. The van der Waals surface area contributed by atoms with Crippen molar-refractivity contribution in [3.8, 4) is 11.5 Å². The Hall–Kier alpha value is -2.46. The van der Waals surface area contributed by atoms with Crippen molar-refractivity contribution in [1.29, 1.82) is 0 Å². The highest BCUT2D eigenvalue weighted by atomic mass is 79.9. The first-order chi connectivity index (χ1) is 12.9. The second-order valence-electron chi connectivity index (χ2n) is 5.11. The molecule has 0 aliphatic carbocycles. The lowest BCUT2D eigenvalue weighted by Crippen LogP contribution is -2.07. The monoisotopic (exact) mass is 455 g/mol. The number of hydrogen-bond donors (Lipinski definition) is 1. The number of thiazole rings is 1. The van der Waals surface area contributed by atoms with Gasteiger partial charge >= 0.3 is 11.9 Å². The molecule has 1 aromatic heterocycles. The summed E-state index contributed by atoms with van der Waals surface area (Å²) in [6.07, 6.45) is 1.69. The normalized spacial score (nSPS) is 10.7. The second kappa shape index (κ2) is 10.0. The molecule has 0 saturated carbocycles. The van der Waals surface area contributed by atoms with E-state index in [0.29, 0.717) is 39.0 Å². The van der Waals surface area contributed by atoms with E-state index in [1.165, 1.54) is 25.4 Å². The maximum Gasteiger partial charge on any atom is 0.311 e. The van der Waals surface area contributed by atoms with E-state index in [1.54, 1.807) is 30.7 Å². The Bertz CT molecular complexity index is 853. The van der Waals surface area contributed by atoms with Crippen LogP contribution >= 0.6 is 27.3 Å². The largest absolute Gasteiger partial charge is 0.493 e. The maximum atomic E-state index is 11.5. The summed E-state index contributed by atoms with van der Waals surface area (Å²) in [6, 6.07) is 3.31. The van der Waals surface area contributed by atoms with E-state index in [9.17, 15) is 9.59 Å². The highest BCUT2D eigenvalue weighted by molar-refractivity contribution is 9.10. The van der Waals surface area contributed by atoms with Crippen LogP contribution < -0.4 is 14.9 Å². The molecule has 2 aromatic rings. The molecule has 0 spiro atoms. The summed E-state index contributed by atoms with van der Waals surface area (Å²) in [4.78, 5) is 26.9. The predicted molar refractivity (Wildman–Crippen MR) is 106 cm³/mol. The zero-order valence-corrected chi connectivity index (χ0v) is 17.3. The third-order valence-electron chi connectivity index (χ3n) is 3.08. The lowest BCUT2D eigenvalue weighted by molar-refractivity contribution is -0.142. The molecule has 0 aliphatic rings. The second-order valence-corrected chi connectivity index (χ2v) is 6.83. The highest BCUT2D eigenvalue weighted by Gasteiger charge is 2.11. The molecule has 1 heterocycles. The van der Waals surface area contributed by atoms with E-state index < -0.39 is 5.97 Å². The number of nitrogens with one attached hydrogen (secondary N) is 1. The van der Waals surface area contributed by atoms with Gasteiger partial charge in [0, 0.05) is 22.3 Å². The minimum absolute atomic E-state index is 0.121. The van der Waals surface area contributed by atoms with Crippen LogP contribution in [0.1, 0.15) is 25.1 Å². The first-order valence-electron chi connectivity index (χ1n) is 7.88. The number of rotatable bonds is 8. The van der Waals surface area contributed by atoms with Crippen molar-refractivity contribution in [2.24, 2.45) is 5.10 Å². The van der Waals surface area contributed by atoms with E-state index in [-0.39, 0.29) is 12.4 Å². The molecule has 0 saturated heterocycles. The molecule has 0 fully saturated rings. The smallest absolute Gasteiger partial charge is 0.311 e. The number of hydrazone groups is 1. The summed E-state index contributed by atoms with van der Waals surface area (Å²) in [5.41, 5.74) is 4.13. The summed E-state index contributed by atoms with van der Waals surface area (Å²) in [6.45, 7) is 3.41. The van der Waals surface area contributed by atoms with Gasteiger partial charge in [0.1, 0.15) is 0 Å². The van der Waals surface area contributed by atoms with Gasteiger partial charge in [-0.1, -0.05) is 0 Å². The van der Waals surface area contributed by atoms with Crippen molar-refractivity contribution in [3.05, 3.63) is 33.2 Å². The molecule has 1 N–H and O–H groups in total. The first-order valence-corrected chi connectivity index (χ1v) is 9.55. The summed E-state index contributed by atoms with van der Waals surface area (Å²) in [5, 5.41) is 6.44. The van der Waals surface area contributed by atoms with Gasteiger partial charge in [-0.3, -0.25) is 15.0 Å². The third-order valence-corrected chi connectivity index (χ3v) is 4.57. The zero-order valence-electron chi connectivity index (χ0n) is 14.9. The van der Waals surface area contributed by atoms with Crippen LogP contribution in [0.25, 0.3) is 0 Å². The minimum Gasteiger partial charge on any atom is -0.493 e. The number of nitrogens with zero attached hydrogens (tertiary/aromatic N) is 2. The van der Waals surface area contributed by atoms with Gasteiger partial charge in [-0.25, -0.2) is 4.98 Å². The van der Waals surface area contributed by atoms with E-state index in [4.69, 9.17) is 14.2 Å². The molecule has 0 radical (unpaired) electrons. The van der Waals surface area contributed by atoms with Gasteiger partial charge in [-0.15, -0.1) is 11.3 Å². The fourth-order valence-corrected chi connectivity index (χ4v) is 3.08. The first kappa shape index (κ1) is 20.8. The van der Waals surface area contributed by atoms with E-state index in [1.807, 2.05) is 0 Å². The Morgan fingerprint density at radius 3 is 2.81 bits per heavy atom. The number of esters is 2. The number of halogens is 1. The topological polar surface area (TPSA) is 99.1 Å². The fourth-order valence-electron chi connectivity index (χ4n) is 2.00. The highest BCUT2D eigenvalue weighted by Crippen LogP contribution is 2.33. The summed E-state index contributed by atoms with van der Waals surface area (Å²) in [7, 11) is 1.48. The van der Waals surface area contributed by atoms with Gasteiger partial charge < -0.3 is 14.2 Å². The number of hydrogen-bond acceptors (Lipinski definition) is 9. The predicted octanol–water partition coefficient (Wildman–Crippen LogP) is 3.39. The summed E-state index contributed by atoms with van der Waals surface area (Å²) in [5.74, 6) is -0.0428. The molecule has 0 unspecified atom stereocenters. The van der Waals surface area contributed by atoms with E-state index in [2.05, 4.69) is 31.4 Å². The number of carbonyl (C=O) groups is 2. The molecule has 27 heavy (non-hydrogen) atoms. The lowest BCUT2D eigenvalue weighted by Gasteiger charge is -2.10. The Balaban J connectivity index is 2.05. The standard InChI is InChI=1S/C17H18BrN3O5S/c1-4-25-16(23)6-12-9-27-17(20-12)21-19-8-11-5-14(24-3)15(7-13(11)18)26-10(2)22/h5,7-9H,4,6H2,1-3H3,(H,20,21). The number of carbonyl (C=O) groups excluding carboxylic acids is 2. The Labute approximate surface area is 168 Å². The average Bonchev–Trinajstić information content (AvgIpc) is 3.03. The van der Waals surface area contributed by atoms with Crippen LogP contribution in [0.4, 0.5) is 5.13 Å². The molecule has 144 valence electrons. The number of anilines is 1. The minimum atomic E-state index is -0.439. The van der Waals surface area contributed by atoms with Crippen molar-refractivity contribution in [2.75, 3.05) is 19.1 Å². The molecular weight excluding hydrogens is 438 g/mol. The van der Waals surface area contributed by atoms with Gasteiger partial charge in [0.05, 0.1) is 32.0 Å². The lowest BCUT2D eigenvalue weighted by atomic mass is 10.2. The molecule has 8 nitrogen and oxygen atoms in total. The Morgan fingerprint density at radius 2 is 2.15 bits per heavy atom. The van der Waals surface area contributed by atoms with Crippen LogP contribution in [-0.4, -0.2) is 36.9 Å². The number of methoxy groups -OCH3 is 1. The molecule has 0 amide bonds. The van der Waals surface area contributed by atoms with Crippen molar-refractivity contribution in [1.82, 2.24) is 4.98 Å². The SMILES string of the molecule is CCOC(=O)Cc1csc(NN=Cc2cc(OC)c(OC(C)=O)cc2Br)n1. The Kier molecular flexibility index (Phi) is 7.74. The number of benzene rings is 1. The molecule has 0 aliphatic heterocycles. The van der Waals surface area contributed by atoms with Gasteiger partial charge in [0.25, 0.3) is 0 Å². The van der Waals surface area contributed by atoms with Crippen LogP contribution in [-0.2, 0) is 20.7 Å². The van der Waals surface area contributed by atoms with Crippen molar-refractivity contribution < 1.29 is 23.8 Å². The van der Waals surface area contributed by atoms with E-state index >= 15 is 0 Å². The van der Waals surface area contributed by atoms with Crippen molar-refractivity contribution >= 4 is 50.6 Å². The van der Waals surface area contributed by atoms with Gasteiger partial charge in [0.15, 0.2) is 11.5 Å².